The van der Waals surface area contributed by atoms with Crippen LogP contribution in [0, 0.1) is 12.7 Å². The lowest BCUT2D eigenvalue weighted by Crippen LogP contribution is -2.26. The number of carbonyl (C=O) groups is 1. The van der Waals surface area contributed by atoms with Crippen LogP contribution in [0.5, 0.6) is 0 Å². The van der Waals surface area contributed by atoms with E-state index >= 15 is 0 Å². The van der Waals surface area contributed by atoms with Crippen molar-refractivity contribution in [3.8, 4) is 5.69 Å². The van der Waals surface area contributed by atoms with E-state index in [0.29, 0.717) is 23.5 Å². The molecule has 6 heteroatoms. The molecule has 1 aromatic heterocycles. The highest BCUT2D eigenvalue weighted by atomic mass is 35.5. The van der Waals surface area contributed by atoms with Gasteiger partial charge in [0.15, 0.2) is 0 Å². The molecule has 0 aliphatic rings. The molecular formula is C19H17ClFN3O. The van der Waals surface area contributed by atoms with Crippen molar-refractivity contribution < 1.29 is 9.18 Å². The van der Waals surface area contributed by atoms with E-state index in [-0.39, 0.29) is 16.9 Å². The lowest BCUT2D eigenvalue weighted by atomic mass is 10.1. The molecule has 0 fully saturated rings. The fourth-order valence-electron chi connectivity index (χ4n) is 2.56. The predicted octanol–water partition coefficient (Wildman–Crippen LogP) is 3.95. The van der Waals surface area contributed by atoms with Crippen molar-refractivity contribution in [2.75, 3.05) is 6.54 Å². The van der Waals surface area contributed by atoms with E-state index < -0.39 is 0 Å². The van der Waals surface area contributed by atoms with Gasteiger partial charge in [-0.25, -0.2) is 9.07 Å². The molecule has 128 valence electrons. The highest BCUT2D eigenvalue weighted by molar-refractivity contribution is 6.33. The van der Waals surface area contributed by atoms with Gasteiger partial charge in [0.2, 0.25) is 0 Å². The number of nitrogens with one attached hydrogen (secondary N) is 1. The molecule has 1 amide bonds. The second-order valence-corrected chi connectivity index (χ2v) is 5.99. The summed E-state index contributed by atoms with van der Waals surface area (Å²) in [6, 6.07) is 15.7. The van der Waals surface area contributed by atoms with E-state index in [4.69, 9.17) is 11.6 Å². The normalized spacial score (nSPS) is 10.7. The van der Waals surface area contributed by atoms with Gasteiger partial charge in [-0.1, -0.05) is 41.9 Å². The van der Waals surface area contributed by atoms with Crippen LogP contribution in [0.4, 0.5) is 4.39 Å². The van der Waals surface area contributed by atoms with Crippen molar-refractivity contribution in [2.45, 2.75) is 13.3 Å². The monoisotopic (exact) mass is 357 g/mol. The first kappa shape index (κ1) is 17.2. The maximum absolute atomic E-state index is 13.1. The van der Waals surface area contributed by atoms with Crippen LogP contribution in [-0.2, 0) is 6.42 Å². The van der Waals surface area contributed by atoms with Gasteiger partial charge in [-0.15, -0.1) is 0 Å². The summed E-state index contributed by atoms with van der Waals surface area (Å²) in [5.41, 5.74) is 2.59. The van der Waals surface area contributed by atoms with Crippen molar-refractivity contribution in [3.05, 3.63) is 82.4 Å². The molecule has 2 aromatic carbocycles. The average Bonchev–Trinajstić information content (AvgIpc) is 2.91. The molecule has 25 heavy (non-hydrogen) atoms. The van der Waals surface area contributed by atoms with Gasteiger partial charge in [0.05, 0.1) is 16.9 Å². The minimum atomic E-state index is -0.345. The Kier molecular flexibility index (Phi) is 5.14. The standard InChI is InChI=1S/C19H17ClFN3O/c1-13-17(19(25)22-12-11-14-5-3-2-4-6-14)18(20)24(23-13)16-9-7-15(21)8-10-16/h2-10H,11-12H2,1H3,(H,22,25). The summed E-state index contributed by atoms with van der Waals surface area (Å²) < 4.78 is 14.5. The molecular weight excluding hydrogens is 341 g/mol. The van der Waals surface area contributed by atoms with Crippen LogP contribution in [0.15, 0.2) is 54.6 Å². The van der Waals surface area contributed by atoms with Gasteiger partial charge in [-0.3, -0.25) is 4.79 Å². The second kappa shape index (κ2) is 7.49. The van der Waals surface area contributed by atoms with E-state index in [1.807, 2.05) is 30.3 Å². The van der Waals surface area contributed by atoms with Gasteiger partial charge < -0.3 is 5.32 Å². The first-order valence-corrected chi connectivity index (χ1v) is 8.27. The highest BCUT2D eigenvalue weighted by Gasteiger charge is 2.20. The third-order valence-electron chi connectivity index (χ3n) is 3.84. The molecule has 1 N–H and O–H groups in total. The Labute approximate surface area is 150 Å². The number of halogens is 2. The predicted molar refractivity (Wildman–Crippen MR) is 95.7 cm³/mol. The molecule has 0 bridgehead atoms. The third-order valence-corrected chi connectivity index (χ3v) is 4.19. The summed E-state index contributed by atoms with van der Waals surface area (Å²) >= 11 is 6.34. The van der Waals surface area contributed by atoms with E-state index in [2.05, 4.69) is 10.4 Å². The van der Waals surface area contributed by atoms with Gasteiger partial charge in [-0.2, -0.15) is 5.10 Å². The number of amides is 1. The smallest absolute Gasteiger partial charge is 0.256 e. The number of aryl methyl sites for hydroxylation is 1. The zero-order chi connectivity index (χ0) is 17.8. The number of benzene rings is 2. The summed E-state index contributed by atoms with van der Waals surface area (Å²) in [4.78, 5) is 12.5. The van der Waals surface area contributed by atoms with Crippen LogP contribution in [-0.4, -0.2) is 22.2 Å². The summed E-state index contributed by atoms with van der Waals surface area (Å²) in [5, 5.41) is 7.37. The fraction of sp³-hybridized carbons (Fsp3) is 0.158. The van der Waals surface area contributed by atoms with Crippen molar-refractivity contribution in [3.63, 3.8) is 0 Å². The Bertz CT molecular complexity index is 876. The van der Waals surface area contributed by atoms with Crippen molar-refractivity contribution in [1.82, 2.24) is 15.1 Å². The summed E-state index contributed by atoms with van der Waals surface area (Å²) in [6.45, 7) is 2.22. The molecule has 3 rings (SSSR count). The average molecular weight is 358 g/mol. The molecule has 0 aliphatic carbocycles. The fourth-order valence-corrected chi connectivity index (χ4v) is 2.92. The molecule has 0 atom stereocenters. The number of nitrogens with zero attached hydrogens (tertiary/aromatic N) is 2. The second-order valence-electron chi connectivity index (χ2n) is 5.63. The Morgan fingerprint density at radius 1 is 1.16 bits per heavy atom. The minimum absolute atomic E-state index is 0.210. The summed E-state index contributed by atoms with van der Waals surface area (Å²) in [6.07, 6.45) is 0.731. The zero-order valence-electron chi connectivity index (χ0n) is 13.7. The Hall–Kier alpha value is -2.66. The SMILES string of the molecule is Cc1nn(-c2ccc(F)cc2)c(Cl)c1C(=O)NCCc1ccccc1. The van der Waals surface area contributed by atoms with Crippen molar-refractivity contribution in [1.29, 1.82) is 0 Å². The molecule has 0 spiro atoms. The maximum Gasteiger partial charge on any atom is 0.256 e. The number of hydrogen-bond acceptors (Lipinski definition) is 2. The highest BCUT2D eigenvalue weighted by Crippen LogP contribution is 2.23. The minimum Gasteiger partial charge on any atom is -0.352 e. The molecule has 3 aromatic rings. The zero-order valence-corrected chi connectivity index (χ0v) is 14.4. The number of aromatic nitrogens is 2. The Balaban J connectivity index is 1.73. The van der Waals surface area contributed by atoms with Crippen LogP contribution in [0.25, 0.3) is 5.69 Å². The first-order valence-electron chi connectivity index (χ1n) is 7.89. The van der Waals surface area contributed by atoms with E-state index in [1.165, 1.54) is 16.8 Å². The topological polar surface area (TPSA) is 46.9 Å². The molecule has 0 saturated carbocycles. The molecule has 0 unspecified atom stereocenters. The molecule has 4 nitrogen and oxygen atoms in total. The van der Waals surface area contributed by atoms with Crippen LogP contribution in [0.1, 0.15) is 21.6 Å². The van der Waals surface area contributed by atoms with E-state index in [1.54, 1.807) is 19.1 Å². The van der Waals surface area contributed by atoms with Gasteiger partial charge in [-0.05, 0) is 43.2 Å². The lowest BCUT2D eigenvalue weighted by molar-refractivity contribution is 0.0953. The van der Waals surface area contributed by atoms with Gasteiger partial charge >= 0.3 is 0 Å². The Morgan fingerprint density at radius 2 is 1.84 bits per heavy atom. The van der Waals surface area contributed by atoms with Gasteiger partial charge in [0.25, 0.3) is 5.91 Å². The third kappa shape index (κ3) is 3.88. The number of hydrogen-bond donors (Lipinski definition) is 1. The quantitative estimate of drug-likeness (QED) is 0.751. The van der Waals surface area contributed by atoms with Gasteiger partial charge in [0.1, 0.15) is 11.0 Å². The molecule has 0 aliphatic heterocycles. The van der Waals surface area contributed by atoms with E-state index in [9.17, 15) is 9.18 Å². The van der Waals surface area contributed by atoms with Crippen molar-refractivity contribution in [2.24, 2.45) is 0 Å². The lowest BCUT2D eigenvalue weighted by Gasteiger charge is -2.06. The summed E-state index contributed by atoms with van der Waals surface area (Å²) in [7, 11) is 0. The van der Waals surface area contributed by atoms with Crippen LogP contribution in [0.3, 0.4) is 0 Å². The number of carbonyl (C=O) groups excluding carboxylic acids is 1. The van der Waals surface area contributed by atoms with Crippen LogP contribution >= 0.6 is 11.6 Å². The van der Waals surface area contributed by atoms with Crippen LogP contribution in [0.2, 0.25) is 5.15 Å². The number of rotatable bonds is 5. The molecule has 0 radical (unpaired) electrons. The Morgan fingerprint density at radius 3 is 2.52 bits per heavy atom. The molecule has 1 heterocycles. The maximum atomic E-state index is 13.1. The van der Waals surface area contributed by atoms with Crippen LogP contribution < -0.4 is 5.32 Å². The van der Waals surface area contributed by atoms with Crippen molar-refractivity contribution >= 4 is 17.5 Å². The van der Waals surface area contributed by atoms with Gasteiger partial charge in [0, 0.05) is 6.54 Å². The largest absolute Gasteiger partial charge is 0.352 e. The summed E-state index contributed by atoms with van der Waals surface area (Å²) in [5.74, 6) is -0.616. The molecule has 0 saturated heterocycles. The first-order chi connectivity index (χ1) is 12.1. The van der Waals surface area contributed by atoms with E-state index in [0.717, 1.165) is 12.0 Å².